The average Bonchev–Trinajstić information content (AvgIpc) is 2.47. The van der Waals surface area contributed by atoms with Crippen molar-refractivity contribution in [3.05, 3.63) is 71.5 Å². The zero-order chi connectivity index (χ0) is 15.1. The van der Waals surface area contributed by atoms with Crippen LogP contribution in [0.4, 0.5) is 4.39 Å². The van der Waals surface area contributed by atoms with E-state index in [9.17, 15) is 9.18 Å². The fourth-order valence-corrected chi connectivity index (χ4v) is 2.05. The number of carbonyl (C=O) groups is 1. The molecular weight excluding hydrogens is 267 g/mol. The highest BCUT2D eigenvalue weighted by Gasteiger charge is 2.06. The molecule has 0 radical (unpaired) electrons. The van der Waals surface area contributed by atoms with Gasteiger partial charge in [-0.2, -0.15) is 0 Å². The molecule has 2 rings (SSSR count). The molecule has 21 heavy (non-hydrogen) atoms. The van der Waals surface area contributed by atoms with Crippen LogP contribution in [0, 0.1) is 5.82 Å². The highest BCUT2D eigenvalue weighted by Crippen LogP contribution is 2.03. The van der Waals surface area contributed by atoms with E-state index in [-0.39, 0.29) is 11.7 Å². The molecule has 0 aromatic heterocycles. The molecule has 0 aliphatic carbocycles. The smallest absolute Gasteiger partial charge is 0.234 e. The number of rotatable bonds is 6. The molecule has 0 bridgehead atoms. The van der Waals surface area contributed by atoms with Gasteiger partial charge in [0.05, 0.1) is 6.54 Å². The van der Waals surface area contributed by atoms with Crippen LogP contribution in [0.5, 0.6) is 0 Å². The number of likely N-dealkylation sites (N-methyl/N-ethyl adjacent to an activating group) is 1. The van der Waals surface area contributed by atoms with Crippen LogP contribution in [0.25, 0.3) is 0 Å². The molecule has 0 fully saturated rings. The third kappa shape index (κ3) is 5.36. The van der Waals surface area contributed by atoms with Crippen molar-refractivity contribution in [3.63, 3.8) is 0 Å². The van der Waals surface area contributed by atoms with Gasteiger partial charge in [-0.25, -0.2) is 4.39 Å². The zero-order valence-electron chi connectivity index (χ0n) is 12.1. The van der Waals surface area contributed by atoms with Crippen LogP contribution in [0.1, 0.15) is 11.1 Å². The molecule has 2 aromatic rings. The van der Waals surface area contributed by atoms with E-state index in [2.05, 4.69) is 5.32 Å². The highest BCUT2D eigenvalue weighted by atomic mass is 19.1. The Morgan fingerprint density at radius 3 is 2.38 bits per heavy atom. The molecule has 3 nitrogen and oxygen atoms in total. The van der Waals surface area contributed by atoms with Gasteiger partial charge in [0.15, 0.2) is 0 Å². The fourth-order valence-electron chi connectivity index (χ4n) is 2.05. The van der Waals surface area contributed by atoms with Gasteiger partial charge in [-0.1, -0.05) is 42.5 Å². The normalized spacial score (nSPS) is 10.6. The topological polar surface area (TPSA) is 32.3 Å². The zero-order valence-corrected chi connectivity index (χ0v) is 12.1. The van der Waals surface area contributed by atoms with Crippen LogP contribution >= 0.6 is 0 Å². The quantitative estimate of drug-likeness (QED) is 0.885. The summed E-state index contributed by atoms with van der Waals surface area (Å²) in [6.45, 7) is 1.47. The minimum absolute atomic E-state index is 0.0437. The van der Waals surface area contributed by atoms with Crippen molar-refractivity contribution in [1.82, 2.24) is 10.2 Å². The molecule has 0 aliphatic rings. The minimum atomic E-state index is -0.271. The first kappa shape index (κ1) is 15.2. The molecule has 4 heteroatoms. The second-order valence-corrected chi connectivity index (χ2v) is 5.06. The Balaban J connectivity index is 1.75. The van der Waals surface area contributed by atoms with Gasteiger partial charge in [-0.05, 0) is 30.3 Å². The van der Waals surface area contributed by atoms with Gasteiger partial charge in [0.25, 0.3) is 0 Å². The lowest BCUT2D eigenvalue weighted by Gasteiger charge is -2.16. The molecule has 110 valence electrons. The number of nitrogens with zero attached hydrogens (tertiary/aromatic N) is 1. The maximum Gasteiger partial charge on any atom is 0.234 e. The molecule has 1 N–H and O–H groups in total. The van der Waals surface area contributed by atoms with Crippen molar-refractivity contribution >= 4 is 5.91 Å². The Bertz CT molecular complexity index is 569. The van der Waals surface area contributed by atoms with Gasteiger partial charge in [0.1, 0.15) is 5.82 Å². The lowest BCUT2D eigenvalue weighted by molar-refractivity contribution is -0.122. The third-order valence-corrected chi connectivity index (χ3v) is 3.11. The number of amides is 1. The maximum atomic E-state index is 12.8. The monoisotopic (exact) mass is 286 g/mol. The van der Waals surface area contributed by atoms with E-state index in [0.717, 1.165) is 12.1 Å². The summed E-state index contributed by atoms with van der Waals surface area (Å²) in [7, 11) is 1.91. The summed E-state index contributed by atoms with van der Waals surface area (Å²) in [5.74, 6) is -0.314. The van der Waals surface area contributed by atoms with Gasteiger partial charge in [-0.15, -0.1) is 0 Å². The van der Waals surface area contributed by atoms with Crippen molar-refractivity contribution < 1.29 is 9.18 Å². The number of hydrogen-bond donors (Lipinski definition) is 1. The lowest BCUT2D eigenvalue weighted by Crippen LogP contribution is -2.34. The van der Waals surface area contributed by atoms with Gasteiger partial charge in [0.2, 0.25) is 5.91 Å². The van der Waals surface area contributed by atoms with Gasteiger partial charge < -0.3 is 5.32 Å². The number of halogens is 1. The van der Waals surface area contributed by atoms with E-state index >= 15 is 0 Å². The van der Waals surface area contributed by atoms with E-state index in [1.165, 1.54) is 17.7 Å². The average molecular weight is 286 g/mol. The summed E-state index contributed by atoms with van der Waals surface area (Å²) >= 11 is 0. The first-order chi connectivity index (χ1) is 10.1. The molecule has 0 saturated carbocycles. The fraction of sp³-hybridized carbons (Fsp3) is 0.235. The summed E-state index contributed by atoms with van der Waals surface area (Å²) < 4.78 is 12.8. The van der Waals surface area contributed by atoms with E-state index in [0.29, 0.717) is 13.1 Å². The first-order valence-corrected chi connectivity index (χ1v) is 6.87. The second kappa shape index (κ2) is 7.55. The Kier molecular flexibility index (Phi) is 5.46. The van der Waals surface area contributed by atoms with Crippen LogP contribution in [0.3, 0.4) is 0 Å². The molecule has 0 heterocycles. The Hall–Kier alpha value is -2.20. The Morgan fingerprint density at radius 1 is 1.05 bits per heavy atom. The summed E-state index contributed by atoms with van der Waals surface area (Å²) in [5, 5.41) is 2.83. The van der Waals surface area contributed by atoms with Crippen LogP contribution < -0.4 is 5.32 Å². The summed E-state index contributed by atoms with van der Waals surface area (Å²) in [6.07, 6.45) is 0. The largest absolute Gasteiger partial charge is 0.351 e. The molecule has 0 aliphatic heterocycles. The van der Waals surface area contributed by atoms with E-state index in [4.69, 9.17) is 0 Å². The first-order valence-electron chi connectivity index (χ1n) is 6.87. The van der Waals surface area contributed by atoms with Crippen molar-refractivity contribution in [2.24, 2.45) is 0 Å². The molecular formula is C17H19FN2O. The Morgan fingerprint density at radius 2 is 1.71 bits per heavy atom. The number of nitrogens with one attached hydrogen (secondary N) is 1. The Labute approximate surface area is 124 Å². The number of benzene rings is 2. The summed E-state index contributed by atoms with van der Waals surface area (Å²) in [4.78, 5) is 13.8. The summed E-state index contributed by atoms with van der Waals surface area (Å²) in [5.41, 5.74) is 2.06. The van der Waals surface area contributed by atoms with Crippen molar-refractivity contribution in [3.8, 4) is 0 Å². The van der Waals surface area contributed by atoms with E-state index < -0.39 is 0 Å². The predicted octanol–water partition coefficient (Wildman–Crippen LogP) is 2.57. The highest BCUT2D eigenvalue weighted by molar-refractivity contribution is 5.77. The molecule has 0 saturated heterocycles. The van der Waals surface area contributed by atoms with E-state index in [1.54, 1.807) is 12.1 Å². The SMILES string of the molecule is CN(CC(=O)NCc1ccc(F)cc1)Cc1ccccc1. The molecule has 1 amide bonds. The van der Waals surface area contributed by atoms with Crippen LogP contribution in [0.15, 0.2) is 54.6 Å². The van der Waals surface area contributed by atoms with Gasteiger partial charge in [0, 0.05) is 13.1 Å². The molecule has 2 aromatic carbocycles. The van der Waals surface area contributed by atoms with Crippen LogP contribution in [-0.2, 0) is 17.9 Å². The standard InChI is InChI=1S/C17H19FN2O/c1-20(12-15-5-3-2-4-6-15)13-17(21)19-11-14-7-9-16(18)10-8-14/h2-10H,11-13H2,1H3,(H,19,21). The summed E-state index contributed by atoms with van der Waals surface area (Å²) in [6, 6.07) is 16.1. The van der Waals surface area contributed by atoms with Gasteiger partial charge >= 0.3 is 0 Å². The molecule has 0 spiro atoms. The van der Waals surface area contributed by atoms with E-state index in [1.807, 2.05) is 42.3 Å². The number of carbonyl (C=O) groups excluding carboxylic acids is 1. The lowest BCUT2D eigenvalue weighted by atomic mass is 10.2. The number of hydrogen-bond acceptors (Lipinski definition) is 2. The van der Waals surface area contributed by atoms with Crippen molar-refractivity contribution in [2.45, 2.75) is 13.1 Å². The van der Waals surface area contributed by atoms with Crippen molar-refractivity contribution in [1.29, 1.82) is 0 Å². The van der Waals surface area contributed by atoms with Crippen molar-refractivity contribution in [2.75, 3.05) is 13.6 Å². The van der Waals surface area contributed by atoms with Crippen LogP contribution in [0.2, 0.25) is 0 Å². The predicted molar refractivity (Wildman–Crippen MR) is 81.0 cm³/mol. The molecule has 0 unspecified atom stereocenters. The third-order valence-electron chi connectivity index (χ3n) is 3.11. The minimum Gasteiger partial charge on any atom is -0.351 e. The molecule has 0 atom stereocenters. The second-order valence-electron chi connectivity index (χ2n) is 5.06. The van der Waals surface area contributed by atoms with Gasteiger partial charge in [-0.3, -0.25) is 9.69 Å². The maximum absolute atomic E-state index is 12.8. The van der Waals surface area contributed by atoms with Crippen LogP contribution in [-0.4, -0.2) is 24.4 Å².